The van der Waals surface area contributed by atoms with Gasteiger partial charge in [0, 0.05) is 11.8 Å². The summed E-state index contributed by atoms with van der Waals surface area (Å²) in [5, 5.41) is 14.6. The number of hydrogen-bond acceptors (Lipinski definition) is 2. The van der Waals surface area contributed by atoms with Crippen molar-refractivity contribution < 1.29 is 5.11 Å². The molecule has 0 unspecified atom stereocenters. The molecule has 0 aromatic heterocycles. The van der Waals surface area contributed by atoms with Crippen LogP contribution >= 0.6 is 7.92 Å². The highest BCUT2D eigenvalue weighted by atomic mass is 31.1. The monoisotopic (exact) mass is 423 g/mol. The summed E-state index contributed by atoms with van der Waals surface area (Å²) >= 11 is 0. The van der Waals surface area contributed by atoms with Crippen molar-refractivity contribution in [3.8, 4) is 0 Å². The van der Waals surface area contributed by atoms with Crippen LogP contribution in [-0.4, -0.2) is 17.4 Å². The molecule has 0 bridgehead atoms. The van der Waals surface area contributed by atoms with Crippen LogP contribution in [0.1, 0.15) is 24.2 Å². The standard InChI is InChI=1S/C28H26NOP/c1-22(28(30)23-13-5-2-6-14-23)29-21-24-15-11-12-20-27(24)31(25-16-7-3-8-17-25)26-18-9-4-10-19-26/h2-22,28,30H,1H3/t22-,28-/m0/s1. The molecule has 0 saturated carbocycles. The molecule has 0 saturated heterocycles. The molecule has 3 heteroatoms. The molecule has 0 fully saturated rings. The van der Waals surface area contributed by atoms with Crippen molar-refractivity contribution in [1.82, 2.24) is 0 Å². The molecule has 0 aliphatic rings. The first-order valence-electron chi connectivity index (χ1n) is 10.5. The smallest absolute Gasteiger partial charge is 0.101 e. The zero-order valence-corrected chi connectivity index (χ0v) is 18.4. The van der Waals surface area contributed by atoms with Crippen molar-refractivity contribution in [1.29, 1.82) is 0 Å². The van der Waals surface area contributed by atoms with Gasteiger partial charge in [0.05, 0.1) is 6.04 Å². The Kier molecular flexibility index (Phi) is 7.04. The van der Waals surface area contributed by atoms with Crippen LogP contribution in [0.2, 0.25) is 0 Å². The fourth-order valence-corrected chi connectivity index (χ4v) is 6.01. The minimum absolute atomic E-state index is 0.241. The van der Waals surface area contributed by atoms with Crippen LogP contribution in [0.3, 0.4) is 0 Å². The molecule has 0 aliphatic heterocycles. The normalized spacial score (nSPS) is 13.4. The molecule has 31 heavy (non-hydrogen) atoms. The van der Waals surface area contributed by atoms with Crippen LogP contribution in [0.15, 0.2) is 120 Å². The predicted molar refractivity (Wildman–Crippen MR) is 134 cm³/mol. The summed E-state index contributed by atoms with van der Waals surface area (Å²) < 4.78 is 0. The highest BCUT2D eigenvalue weighted by Gasteiger charge is 2.19. The van der Waals surface area contributed by atoms with E-state index >= 15 is 0 Å². The largest absolute Gasteiger partial charge is 0.386 e. The second-order valence-electron chi connectivity index (χ2n) is 7.44. The van der Waals surface area contributed by atoms with Crippen LogP contribution in [0, 0.1) is 0 Å². The summed E-state index contributed by atoms with van der Waals surface area (Å²) in [6, 6.07) is 39.3. The molecular weight excluding hydrogens is 397 g/mol. The van der Waals surface area contributed by atoms with Gasteiger partial charge in [-0.1, -0.05) is 115 Å². The Morgan fingerprint density at radius 2 is 1.16 bits per heavy atom. The Hall–Kier alpha value is -3.06. The van der Waals surface area contributed by atoms with Crippen molar-refractivity contribution >= 4 is 30.0 Å². The zero-order chi connectivity index (χ0) is 21.5. The van der Waals surface area contributed by atoms with Crippen molar-refractivity contribution in [3.63, 3.8) is 0 Å². The van der Waals surface area contributed by atoms with Crippen molar-refractivity contribution in [3.05, 3.63) is 126 Å². The van der Waals surface area contributed by atoms with E-state index in [-0.39, 0.29) is 6.04 Å². The molecule has 2 nitrogen and oxygen atoms in total. The third-order valence-corrected chi connectivity index (χ3v) is 7.77. The average Bonchev–Trinajstić information content (AvgIpc) is 2.85. The predicted octanol–water partition coefficient (Wildman–Crippen LogP) is 4.99. The summed E-state index contributed by atoms with van der Waals surface area (Å²) in [6.07, 6.45) is 1.29. The molecule has 0 aliphatic carbocycles. The van der Waals surface area contributed by atoms with Crippen LogP contribution in [0.5, 0.6) is 0 Å². The maximum Gasteiger partial charge on any atom is 0.101 e. The van der Waals surface area contributed by atoms with Crippen LogP contribution in [0.25, 0.3) is 0 Å². The number of benzene rings is 4. The number of rotatable bonds is 7. The zero-order valence-electron chi connectivity index (χ0n) is 17.5. The molecule has 4 aromatic rings. The van der Waals surface area contributed by atoms with Gasteiger partial charge < -0.3 is 5.11 Å². The number of nitrogens with zero attached hydrogens (tertiary/aromatic N) is 1. The first-order chi connectivity index (χ1) is 15.2. The van der Waals surface area contributed by atoms with Gasteiger partial charge in [0.2, 0.25) is 0 Å². The van der Waals surface area contributed by atoms with Crippen molar-refractivity contribution in [2.24, 2.45) is 4.99 Å². The molecule has 154 valence electrons. The lowest BCUT2D eigenvalue weighted by molar-refractivity contribution is 0.154. The second-order valence-corrected chi connectivity index (χ2v) is 9.63. The molecule has 0 heterocycles. The van der Waals surface area contributed by atoms with Gasteiger partial charge >= 0.3 is 0 Å². The van der Waals surface area contributed by atoms with Gasteiger partial charge in [0.1, 0.15) is 6.10 Å². The number of hydrogen-bond donors (Lipinski definition) is 1. The summed E-state index contributed by atoms with van der Waals surface area (Å²) in [5.74, 6) is 0. The van der Waals surface area contributed by atoms with E-state index in [2.05, 4.69) is 78.9 Å². The maximum absolute atomic E-state index is 10.7. The number of aliphatic hydroxyl groups excluding tert-OH is 1. The molecule has 0 spiro atoms. The number of aliphatic imine (C=N–C) groups is 1. The lowest BCUT2D eigenvalue weighted by atomic mass is 10.0. The van der Waals surface area contributed by atoms with Gasteiger partial charge in [-0.05, 0) is 36.3 Å². The second kappa shape index (κ2) is 10.3. The fraction of sp³-hybridized carbons (Fsp3) is 0.107. The summed E-state index contributed by atoms with van der Waals surface area (Å²) in [6.45, 7) is 1.95. The minimum Gasteiger partial charge on any atom is -0.386 e. The van der Waals surface area contributed by atoms with Gasteiger partial charge in [-0.3, -0.25) is 4.99 Å². The number of aliphatic hydroxyl groups is 1. The molecule has 0 radical (unpaired) electrons. The summed E-state index contributed by atoms with van der Waals surface area (Å²) in [7, 11) is -0.711. The van der Waals surface area contributed by atoms with E-state index in [1.165, 1.54) is 15.9 Å². The summed E-state index contributed by atoms with van der Waals surface area (Å²) in [5.41, 5.74) is 1.98. The Morgan fingerprint density at radius 1 is 0.677 bits per heavy atom. The Bertz CT molecular complexity index is 1070. The van der Waals surface area contributed by atoms with E-state index in [4.69, 9.17) is 4.99 Å². The van der Waals surface area contributed by atoms with Gasteiger partial charge in [0.25, 0.3) is 0 Å². The van der Waals surface area contributed by atoms with E-state index in [0.29, 0.717) is 0 Å². The van der Waals surface area contributed by atoms with Crippen LogP contribution in [-0.2, 0) is 0 Å². The molecule has 2 atom stereocenters. The van der Waals surface area contributed by atoms with E-state index in [1.54, 1.807) is 0 Å². The van der Waals surface area contributed by atoms with Gasteiger partial charge in [-0.15, -0.1) is 0 Å². The molecular formula is C28H26NOP. The highest BCUT2D eigenvalue weighted by molar-refractivity contribution is 7.80. The van der Waals surface area contributed by atoms with Crippen LogP contribution in [0.4, 0.5) is 0 Å². The SMILES string of the molecule is C[C@H](N=Cc1ccccc1P(c1ccccc1)c1ccccc1)[C@H](O)c1ccccc1. The molecule has 4 aromatic carbocycles. The van der Waals surface area contributed by atoms with E-state index < -0.39 is 14.0 Å². The Balaban J connectivity index is 1.69. The van der Waals surface area contributed by atoms with Crippen molar-refractivity contribution in [2.45, 2.75) is 19.1 Å². The fourth-order valence-electron chi connectivity index (χ4n) is 3.59. The Labute approximate surface area is 185 Å². The van der Waals surface area contributed by atoms with E-state index in [0.717, 1.165) is 11.1 Å². The van der Waals surface area contributed by atoms with Gasteiger partial charge in [-0.2, -0.15) is 0 Å². The van der Waals surface area contributed by atoms with Gasteiger partial charge in [0.15, 0.2) is 0 Å². The summed E-state index contributed by atoms with van der Waals surface area (Å²) in [4.78, 5) is 4.74. The first kappa shape index (κ1) is 21.2. The maximum atomic E-state index is 10.7. The lowest BCUT2D eigenvalue weighted by Crippen LogP contribution is -2.23. The third kappa shape index (κ3) is 5.17. The average molecular weight is 423 g/mol. The van der Waals surface area contributed by atoms with Crippen LogP contribution < -0.4 is 15.9 Å². The highest BCUT2D eigenvalue weighted by Crippen LogP contribution is 2.33. The van der Waals surface area contributed by atoms with Gasteiger partial charge in [-0.25, -0.2) is 0 Å². The Morgan fingerprint density at radius 3 is 1.74 bits per heavy atom. The quantitative estimate of drug-likeness (QED) is 0.330. The molecule has 4 rings (SSSR count). The molecule has 1 N–H and O–H groups in total. The molecule has 0 amide bonds. The van der Waals surface area contributed by atoms with E-state index in [9.17, 15) is 5.11 Å². The topological polar surface area (TPSA) is 32.6 Å². The van der Waals surface area contributed by atoms with Crippen molar-refractivity contribution in [2.75, 3.05) is 0 Å². The lowest BCUT2D eigenvalue weighted by Gasteiger charge is -2.21. The third-order valence-electron chi connectivity index (χ3n) is 5.25. The first-order valence-corrected chi connectivity index (χ1v) is 11.8. The minimum atomic E-state index is -0.711. The van der Waals surface area contributed by atoms with E-state index in [1.807, 2.05) is 49.5 Å².